The standard InChI is InChI=1S/C10H16N4O4/c1-7-9(14(15)16)10(13(2)11-7)12-18-6-8-3-4-17-5-8/h8,12H,3-6H2,1-2H3. The topological polar surface area (TPSA) is 91.5 Å². The van der Waals surface area contributed by atoms with E-state index in [-0.39, 0.29) is 11.5 Å². The van der Waals surface area contributed by atoms with Crippen molar-refractivity contribution < 1.29 is 14.5 Å². The molecule has 0 aromatic carbocycles. The molecule has 100 valence electrons. The van der Waals surface area contributed by atoms with E-state index in [9.17, 15) is 10.1 Å². The van der Waals surface area contributed by atoms with Gasteiger partial charge >= 0.3 is 5.69 Å². The second-order valence-electron chi connectivity index (χ2n) is 4.31. The van der Waals surface area contributed by atoms with Gasteiger partial charge in [0, 0.05) is 19.6 Å². The van der Waals surface area contributed by atoms with E-state index in [0.29, 0.717) is 24.8 Å². The number of anilines is 1. The van der Waals surface area contributed by atoms with Gasteiger partial charge in [-0.1, -0.05) is 0 Å². The molecule has 1 aromatic rings. The Hall–Kier alpha value is -1.67. The van der Waals surface area contributed by atoms with Crippen LogP contribution in [0, 0.1) is 23.0 Å². The van der Waals surface area contributed by atoms with Gasteiger partial charge in [0.25, 0.3) is 0 Å². The van der Waals surface area contributed by atoms with Gasteiger partial charge in [0.15, 0.2) is 0 Å². The van der Waals surface area contributed by atoms with Crippen LogP contribution in [0.25, 0.3) is 0 Å². The van der Waals surface area contributed by atoms with Gasteiger partial charge in [-0.3, -0.25) is 15.0 Å². The Labute approximate surface area is 104 Å². The zero-order valence-corrected chi connectivity index (χ0v) is 10.4. The number of aryl methyl sites for hydroxylation is 2. The third-order valence-corrected chi connectivity index (χ3v) is 2.89. The summed E-state index contributed by atoms with van der Waals surface area (Å²) in [5.41, 5.74) is 2.92. The second kappa shape index (κ2) is 5.32. The summed E-state index contributed by atoms with van der Waals surface area (Å²) in [4.78, 5) is 15.7. The van der Waals surface area contributed by atoms with E-state index in [1.807, 2.05) is 0 Å². The summed E-state index contributed by atoms with van der Waals surface area (Å²) in [6, 6.07) is 0. The third kappa shape index (κ3) is 2.59. The Kier molecular flexibility index (Phi) is 3.78. The van der Waals surface area contributed by atoms with E-state index in [1.165, 1.54) is 4.68 Å². The monoisotopic (exact) mass is 256 g/mol. The summed E-state index contributed by atoms with van der Waals surface area (Å²) in [6.45, 7) is 3.47. The zero-order valence-electron chi connectivity index (χ0n) is 10.4. The van der Waals surface area contributed by atoms with Crippen LogP contribution in [0.4, 0.5) is 11.5 Å². The molecule has 1 saturated heterocycles. The van der Waals surface area contributed by atoms with Crippen molar-refractivity contribution in [2.75, 3.05) is 25.3 Å². The Morgan fingerprint density at radius 2 is 2.50 bits per heavy atom. The minimum absolute atomic E-state index is 0.0554. The van der Waals surface area contributed by atoms with E-state index in [4.69, 9.17) is 9.57 Å². The summed E-state index contributed by atoms with van der Waals surface area (Å²) in [5.74, 6) is 0.599. The van der Waals surface area contributed by atoms with Crippen LogP contribution in [0.3, 0.4) is 0 Å². The van der Waals surface area contributed by atoms with Crippen LogP contribution in [0.2, 0.25) is 0 Å². The lowest BCUT2D eigenvalue weighted by atomic mass is 10.1. The van der Waals surface area contributed by atoms with Crippen LogP contribution in [-0.2, 0) is 16.6 Å². The van der Waals surface area contributed by atoms with Gasteiger partial charge in [-0.25, -0.2) is 10.2 Å². The van der Waals surface area contributed by atoms with E-state index in [0.717, 1.165) is 13.0 Å². The number of rotatable bonds is 5. The molecule has 1 N–H and O–H groups in total. The van der Waals surface area contributed by atoms with Crippen molar-refractivity contribution in [3.05, 3.63) is 15.8 Å². The largest absolute Gasteiger partial charge is 0.381 e. The molecule has 1 unspecified atom stereocenters. The fourth-order valence-electron chi connectivity index (χ4n) is 1.92. The minimum atomic E-state index is -0.466. The van der Waals surface area contributed by atoms with Gasteiger partial charge in [-0.15, -0.1) is 0 Å². The molecule has 1 aromatic heterocycles. The van der Waals surface area contributed by atoms with Crippen molar-refractivity contribution >= 4 is 11.5 Å². The molecule has 0 amide bonds. The molecule has 0 radical (unpaired) electrons. The average Bonchev–Trinajstić information content (AvgIpc) is 2.87. The first-order chi connectivity index (χ1) is 8.59. The van der Waals surface area contributed by atoms with Crippen molar-refractivity contribution in [1.29, 1.82) is 0 Å². The van der Waals surface area contributed by atoms with E-state index >= 15 is 0 Å². The van der Waals surface area contributed by atoms with Gasteiger partial charge in [-0.2, -0.15) is 5.10 Å². The molecule has 0 aliphatic carbocycles. The van der Waals surface area contributed by atoms with Gasteiger partial charge in [-0.05, 0) is 13.3 Å². The minimum Gasteiger partial charge on any atom is -0.381 e. The molecule has 2 heterocycles. The quantitative estimate of drug-likeness (QED) is 0.624. The number of ether oxygens (including phenoxy) is 1. The van der Waals surface area contributed by atoms with E-state index in [2.05, 4.69) is 10.6 Å². The van der Waals surface area contributed by atoms with Gasteiger partial charge in [0.1, 0.15) is 5.69 Å². The fourth-order valence-corrected chi connectivity index (χ4v) is 1.92. The van der Waals surface area contributed by atoms with Crippen molar-refractivity contribution in [1.82, 2.24) is 9.78 Å². The van der Waals surface area contributed by atoms with Crippen LogP contribution < -0.4 is 5.48 Å². The Bertz CT molecular complexity index is 439. The Morgan fingerprint density at radius 1 is 1.72 bits per heavy atom. The van der Waals surface area contributed by atoms with Gasteiger partial charge in [0.2, 0.25) is 5.82 Å². The van der Waals surface area contributed by atoms with Crippen LogP contribution in [-0.4, -0.2) is 34.5 Å². The zero-order chi connectivity index (χ0) is 13.1. The second-order valence-corrected chi connectivity index (χ2v) is 4.31. The summed E-state index contributed by atoms with van der Waals surface area (Å²) in [6.07, 6.45) is 0.953. The van der Waals surface area contributed by atoms with Crippen LogP contribution in [0.1, 0.15) is 12.1 Å². The predicted octanol–water partition coefficient (Wildman–Crippen LogP) is 1.02. The highest BCUT2D eigenvalue weighted by atomic mass is 16.7. The van der Waals surface area contributed by atoms with Gasteiger partial charge in [0.05, 0.1) is 18.1 Å². The molecule has 0 bridgehead atoms. The lowest BCUT2D eigenvalue weighted by molar-refractivity contribution is -0.384. The SMILES string of the molecule is Cc1nn(C)c(NOCC2CCOC2)c1[N+](=O)[O-]. The molecular formula is C10H16N4O4. The number of hydrogen-bond acceptors (Lipinski definition) is 6. The lowest BCUT2D eigenvalue weighted by Gasteiger charge is -2.09. The first kappa shape index (κ1) is 12.8. The summed E-state index contributed by atoms with van der Waals surface area (Å²) in [7, 11) is 1.63. The number of nitrogens with one attached hydrogen (secondary N) is 1. The van der Waals surface area contributed by atoms with Crippen molar-refractivity contribution in [3.63, 3.8) is 0 Å². The van der Waals surface area contributed by atoms with Crippen molar-refractivity contribution in [2.24, 2.45) is 13.0 Å². The predicted molar refractivity (Wildman–Crippen MR) is 63.1 cm³/mol. The van der Waals surface area contributed by atoms with E-state index in [1.54, 1.807) is 14.0 Å². The summed E-state index contributed by atoms with van der Waals surface area (Å²) < 4.78 is 6.62. The molecule has 1 aliphatic heterocycles. The number of aromatic nitrogens is 2. The Balaban J connectivity index is 1.97. The molecule has 18 heavy (non-hydrogen) atoms. The van der Waals surface area contributed by atoms with Crippen LogP contribution in [0.5, 0.6) is 0 Å². The number of hydrogen-bond donors (Lipinski definition) is 1. The number of nitro groups is 1. The molecule has 0 saturated carbocycles. The maximum atomic E-state index is 10.9. The first-order valence-corrected chi connectivity index (χ1v) is 5.73. The maximum absolute atomic E-state index is 10.9. The smallest absolute Gasteiger partial charge is 0.335 e. The molecule has 8 nitrogen and oxygen atoms in total. The average molecular weight is 256 g/mol. The molecule has 2 rings (SSSR count). The Morgan fingerprint density at radius 3 is 3.11 bits per heavy atom. The fraction of sp³-hybridized carbons (Fsp3) is 0.700. The first-order valence-electron chi connectivity index (χ1n) is 5.73. The van der Waals surface area contributed by atoms with Crippen LogP contribution in [0.15, 0.2) is 0 Å². The highest BCUT2D eigenvalue weighted by Crippen LogP contribution is 2.27. The molecular weight excluding hydrogens is 240 g/mol. The molecule has 1 atom stereocenters. The number of nitrogens with zero attached hydrogens (tertiary/aromatic N) is 3. The molecule has 0 spiro atoms. The lowest BCUT2D eigenvalue weighted by Crippen LogP contribution is -2.15. The maximum Gasteiger partial charge on any atom is 0.335 e. The molecule has 8 heteroatoms. The van der Waals surface area contributed by atoms with E-state index < -0.39 is 4.92 Å². The van der Waals surface area contributed by atoms with Crippen molar-refractivity contribution in [3.8, 4) is 0 Å². The third-order valence-electron chi connectivity index (χ3n) is 2.89. The summed E-state index contributed by atoms with van der Waals surface area (Å²) >= 11 is 0. The molecule has 1 fully saturated rings. The highest BCUT2D eigenvalue weighted by molar-refractivity contribution is 5.58. The van der Waals surface area contributed by atoms with Crippen molar-refractivity contribution in [2.45, 2.75) is 13.3 Å². The highest BCUT2D eigenvalue weighted by Gasteiger charge is 2.24. The van der Waals surface area contributed by atoms with Crippen LogP contribution >= 0.6 is 0 Å². The normalized spacial score (nSPS) is 19.1. The molecule has 1 aliphatic rings. The van der Waals surface area contributed by atoms with Gasteiger partial charge < -0.3 is 4.74 Å². The summed E-state index contributed by atoms with van der Waals surface area (Å²) in [5, 5.41) is 14.9.